The number of rotatable bonds is 0. The first-order valence-electron chi connectivity index (χ1n) is 9.68. The SMILES string of the molecule is CC1(O)CC[C@H]2[C@@H]3CCC4CC(O)CC[C@]4(C)[C@H]3CC[C@@]21C. The second-order valence-corrected chi connectivity index (χ2v) is 9.85. The van der Waals surface area contributed by atoms with E-state index in [9.17, 15) is 10.2 Å². The molecule has 0 aromatic carbocycles. The van der Waals surface area contributed by atoms with E-state index in [-0.39, 0.29) is 11.5 Å². The van der Waals surface area contributed by atoms with E-state index in [0.717, 1.165) is 42.9 Å². The van der Waals surface area contributed by atoms with Gasteiger partial charge in [-0.2, -0.15) is 0 Å². The van der Waals surface area contributed by atoms with Gasteiger partial charge in [-0.1, -0.05) is 13.8 Å². The molecule has 0 saturated heterocycles. The van der Waals surface area contributed by atoms with Crippen molar-refractivity contribution in [2.45, 2.75) is 90.3 Å². The number of aliphatic hydroxyl groups is 2. The third kappa shape index (κ3) is 1.86. The molecule has 0 radical (unpaired) electrons. The molecule has 0 bridgehead atoms. The maximum absolute atomic E-state index is 10.9. The van der Waals surface area contributed by atoms with Crippen molar-refractivity contribution in [3.8, 4) is 0 Å². The second-order valence-electron chi connectivity index (χ2n) is 9.85. The van der Waals surface area contributed by atoms with E-state index in [2.05, 4.69) is 20.8 Å². The van der Waals surface area contributed by atoms with E-state index in [1.165, 1.54) is 38.5 Å². The molecular weight excluding hydrogens is 272 g/mol. The van der Waals surface area contributed by atoms with Gasteiger partial charge in [-0.15, -0.1) is 0 Å². The van der Waals surface area contributed by atoms with Gasteiger partial charge in [0.25, 0.3) is 0 Å². The summed E-state index contributed by atoms with van der Waals surface area (Å²) in [6.45, 7) is 7.01. The largest absolute Gasteiger partial charge is 0.393 e. The lowest BCUT2D eigenvalue weighted by Crippen LogP contribution is -2.56. The van der Waals surface area contributed by atoms with E-state index < -0.39 is 5.60 Å². The Morgan fingerprint density at radius 1 is 0.818 bits per heavy atom. The molecule has 4 aliphatic rings. The summed E-state index contributed by atoms with van der Waals surface area (Å²) in [6.07, 6.45) is 10.6. The van der Waals surface area contributed by atoms with Crippen LogP contribution in [0.2, 0.25) is 0 Å². The molecule has 2 heteroatoms. The predicted octanol–water partition coefficient (Wildman–Crippen LogP) is 4.14. The van der Waals surface area contributed by atoms with Crippen molar-refractivity contribution in [1.82, 2.24) is 0 Å². The summed E-state index contributed by atoms with van der Waals surface area (Å²) in [5, 5.41) is 21.0. The Morgan fingerprint density at radius 3 is 2.32 bits per heavy atom. The number of hydrogen-bond donors (Lipinski definition) is 2. The topological polar surface area (TPSA) is 40.5 Å². The van der Waals surface area contributed by atoms with E-state index in [1.807, 2.05) is 0 Å². The fraction of sp³-hybridized carbons (Fsp3) is 1.00. The minimum absolute atomic E-state index is 0.0457. The zero-order chi connectivity index (χ0) is 15.8. The Hall–Kier alpha value is -0.0800. The molecule has 0 aromatic rings. The van der Waals surface area contributed by atoms with Gasteiger partial charge < -0.3 is 10.2 Å². The van der Waals surface area contributed by atoms with Crippen LogP contribution in [0, 0.1) is 34.5 Å². The molecule has 2 nitrogen and oxygen atoms in total. The molecule has 0 aliphatic heterocycles. The van der Waals surface area contributed by atoms with Crippen molar-refractivity contribution in [3.63, 3.8) is 0 Å². The normalized spacial score (nSPS) is 61.2. The third-order valence-corrected chi connectivity index (χ3v) is 9.20. The fourth-order valence-corrected chi connectivity index (χ4v) is 7.48. The number of aliphatic hydroxyl groups excluding tert-OH is 1. The molecule has 0 heterocycles. The molecule has 0 amide bonds. The first-order chi connectivity index (χ1) is 10.3. The van der Waals surface area contributed by atoms with Crippen LogP contribution in [-0.2, 0) is 0 Å². The lowest BCUT2D eigenvalue weighted by Gasteiger charge is -2.61. The maximum Gasteiger partial charge on any atom is 0.0675 e. The van der Waals surface area contributed by atoms with Crippen molar-refractivity contribution >= 4 is 0 Å². The average Bonchev–Trinajstić information content (AvgIpc) is 2.70. The van der Waals surface area contributed by atoms with Gasteiger partial charge in [0.05, 0.1) is 11.7 Å². The second kappa shape index (κ2) is 4.72. The third-order valence-electron chi connectivity index (χ3n) is 9.20. The minimum atomic E-state index is -0.455. The van der Waals surface area contributed by atoms with Gasteiger partial charge in [0.15, 0.2) is 0 Å². The minimum Gasteiger partial charge on any atom is -0.393 e. The summed E-state index contributed by atoms with van der Waals surface area (Å²) in [5.74, 6) is 3.13. The van der Waals surface area contributed by atoms with Crippen LogP contribution in [-0.4, -0.2) is 21.9 Å². The van der Waals surface area contributed by atoms with Gasteiger partial charge >= 0.3 is 0 Å². The Balaban J connectivity index is 1.64. The van der Waals surface area contributed by atoms with Crippen molar-refractivity contribution < 1.29 is 10.2 Å². The van der Waals surface area contributed by atoms with Crippen LogP contribution in [0.1, 0.15) is 78.6 Å². The molecule has 4 rings (SSSR count). The molecular formula is C20H34O2. The summed E-state index contributed by atoms with van der Waals surface area (Å²) in [5.41, 5.74) is 0.145. The molecule has 22 heavy (non-hydrogen) atoms. The van der Waals surface area contributed by atoms with E-state index in [1.54, 1.807) is 0 Å². The summed E-state index contributed by atoms with van der Waals surface area (Å²) in [6, 6.07) is 0. The molecule has 4 saturated carbocycles. The summed E-state index contributed by atoms with van der Waals surface area (Å²) >= 11 is 0. The lowest BCUT2D eigenvalue weighted by atomic mass is 9.44. The summed E-state index contributed by atoms with van der Waals surface area (Å²) in [4.78, 5) is 0. The smallest absolute Gasteiger partial charge is 0.0675 e. The van der Waals surface area contributed by atoms with Crippen LogP contribution >= 0.6 is 0 Å². The average molecular weight is 306 g/mol. The molecule has 3 unspecified atom stereocenters. The Labute approximate surface area is 135 Å². The van der Waals surface area contributed by atoms with Crippen LogP contribution < -0.4 is 0 Å². The first-order valence-corrected chi connectivity index (χ1v) is 9.68. The van der Waals surface area contributed by atoms with Gasteiger partial charge in [0.2, 0.25) is 0 Å². The quantitative estimate of drug-likeness (QED) is 0.706. The summed E-state index contributed by atoms with van der Waals surface area (Å²) in [7, 11) is 0. The highest BCUT2D eigenvalue weighted by molar-refractivity contribution is 5.12. The highest BCUT2D eigenvalue weighted by Crippen LogP contribution is 2.68. The van der Waals surface area contributed by atoms with Crippen LogP contribution in [0.3, 0.4) is 0 Å². The highest BCUT2D eigenvalue weighted by Gasteiger charge is 2.63. The van der Waals surface area contributed by atoms with Crippen molar-refractivity contribution in [2.24, 2.45) is 34.5 Å². The Kier molecular flexibility index (Phi) is 3.32. The van der Waals surface area contributed by atoms with E-state index in [0.29, 0.717) is 5.41 Å². The van der Waals surface area contributed by atoms with Crippen LogP contribution in [0.15, 0.2) is 0 Å². The molecule has 8 atom stereocenters. The lowest BCUT2D eigenvalue weighted by molar-refractivity contribution is -0.153. The van der Waals surface area contributed by atoms with Crippen molar-refractivity contribution in [2.75, 3.05) is 0 Å². The Morgan fingerprint density at radius 2 is 1.55 bits per heavy atom. The summed E-state index contributed by atoms with van der Waals surface area (Å²) < 4.78 is 0. The zero-order valence-corrected chi connectivity index (χ0v) is 14.6. The van der Waals surface area contributed by atoms with Crippen LogP contribution in [0.5, 0.6) is 0 Å². The first kappa shape index (κ1) is 15.4. The molecule has 0 aromatic heterocycles. The van der Waals surface area contributed by atoms with Gasteiger partial charge in [0, 0.05) is 0 Å². The maximum atomic E-state index is 10.9. The molecule has 4 fully saturated rings. The molecule has 4 aliphatic carbocycles. The monoisotopic (exact) mass is 306 g/mol. The van der Waals surface area contributed by atoms with E-state index >= 15 is 0 Å². The predicted molar refractivity (Wildman–Crippen MR) is 88.4 cm³/mol. The van der Waals surface area contributed by atoms with Gasteiger partial charge in [0.1, 0.15) is 0 Å². The zero-order valence-electron chi connectivity index (χ0n) is 14.6. The van der Waals surface area contributed by atoms with Crippen LogP contribution in [0.4, 0.5) is 0 Å². The molecule has 126 valence electrons. The fourth-order valence-electron chi connectivity index (χ4n) is 7.48. The van der Waals surface area contributed by atoms with Crippen molar-refractivity contribution in [3.05, 3.63) is 0 Å². The highest BCUT2D eigenvalue weighted by atomic mass is 16.3. The van der Waals surface area contributed by atoms with E-state index in [4.69, 9.17) is 0 Å². The molecule has 2 N–H and O–H groups in total. The molecule has 0 spiro atoms. The van der Waals surface area contributed by atoms with Gasteiger partial charge in [-0.25, -0.2) is 0 Å². The number of hydrogen-bond acceptors (Lipinski definition) is 2. The van der Waals surface area contributed by atoms with Gasteiger partial charge in [-0.3, -0.25) is 0 Å². The standard InChI is InChI=1S/C20H34O2/c1-18-9-6-14(21)12-13(18)4-5-15-16(18)7-10-19(2)17(15)8-11-20(19,3)22/h13-17,21-22H,4-12H2,1-3H3/t13?,14?,15-,16+,17+,18+,19+,20?/m1/s1. The number of fused-ring (bicyclic) bond motifs is 5. The van der Waals surface area contributed by atoms with Gasteiger partial charge in [-0.05, 0) is 99.2 Å². The van der Waals surface area contributed by atoms with Crippen LogP contribution in [0.25, 0.3) is 0 Å². The van der Waals surface area contributed by atoms with Crippen molar-refractivity contribution in [1.29, 1.82) is 0 Å². The Bertz CT molecular complexity index is 459.